The van der Waals surface area contributed by atoms with Gasteiger partial charge in [-0.2, -0.15) is 0 Å². The van der Waals surface area contributed by atoms with Crippen LogP contribution >= 0.6 is 0 Å². The van der Waals surface area contributed by atoms with Crippen molar-refractivity contribution >= 4 is 11.7 Å². The van der Waals surface area contributed by atoms with Gasteiger partial charge in [-0.3, -0.25) is 4.79 Å². The molecule has 1 saturated carbocycles. The third-order valence-corrected chi connectivity index (χ3v) is 4.54. The number of nitrogens with zero attached hydrogens (tertiary/aromatic N) is 1. The lowest BCUT2D eigenvalue weighted by atomic mass is 9.59. The van der Waals surface area contributed by atoms with Crippen molar-refractivity contribution in [3.8, 4) is 0 Å². The Morgan fingerprint density at radius 2 is 1.90 bits per heavy atom. The number of rotatable bonds is 0. The van der Waals surface area contributed by atoms with Crippen molar-refractivity contribution in [2.45, 2.75) is 42.2 Å². The summed E-state index contributed by atoms with van der Waals surface area (Å²) in [6.07, 6.45) is -7.37. The number of aliphatic hydroxyl groups excluding tert-OH is 3. The highest BCUT2D eigenvalue weighted by atomic mass is 16.9. The predicted octanol–water partition coefficient (Wildman–Crippen LogP) is -4.67. The summed E-state index contributed by atoms with van der Waals surface area (Å²) in [7, 11) is 0. The number of carbonyl (C=O) groups excluding carboxylic acids is 1. The number of hydrogen-bond acceptors (Lipinski definition) is 10. The van der Waals surface area contributed by atoms with Crippen LogP contribution in [0.3, 0.4) is 0 Å². The first kappa shape index (κ1) is 12.4. The number of aliphatic hydroxyl groups is 4. The minimum Gasteiger partial charge on any atom is -0.387 e. The zero-order chi connectivity index (χ0) is 14.4. The van der Waals surface area contributed by atoms with Gasteiger partial charge in [0, 0.05) is 0 Å². The number of nitrogens with two attached hydrogens (primary N) is 1. The third kappa shape index (κ3) is 1.08. The van der Waals surface area contributed by atoms with Crippen molar-refractivity contribution < 1.29 is 34.7 Å². The Morgan fingerprint density at radius 1 is 1.25 bits per heavy atom. The molecule has 4 bridgehead atoms. The fraction of sp³-hybridized carbons (Fsp3) is 0.800. The van der Waals surface area contributed by atoms with Gasteiger partial charge in [-0.25, -0.2) is 4.99 Å². The summed E-state index contributed by atoms with van der Waals surface area (Å²) in [4.78, 5) is 15.8. The maximum absolute atomic E-state index is 12.1. The van der Waals surface area contributed by atoms with Crippen molar-refractivity contribution in [1.82, 2.24) is 5.32 Å². The molecule has 110 valence electrons. The zero-order valence-electron chi connectivity index (χ0n) is 10.0. The fourth-order valence-corrected chi connectivity index (χ4v) is 3.72. The second kappa shape index (κ2) is 3.30. The van der Waals surface area contributed by atoms with E-state index in [4.69, 9.17) is 15.2 Å². The molecule has 0 aromatic heterocycles. The molecule has 0 aromatic carbocycles. The van der Waals surface area contributed by atoms with E-state index >= 15 is 0 Å². The van der Waals surface area contributed by atoms with E-state index in [1.807, 2.05) is 0 Å². The SMILES string of the molecule is NC1=NC(O)C2C3OC4(O)OC(C3=O)C(O)C2(N1)C4O. The highest BCUT2D eigenvalue weighted by molar-refractivity contribution is 5.92. The molecular formula is C10H13N3O7. The molecule has 20 heavy (non-hydrogen) atoms. The summed E-state index contributed by atoms with van der Waals surface area (Å²) in [5.41, 5.74) is 3.87. The number of aliphatic imine (C=N–C) groups is 1. The van der Waals surface area contributed by atoms with Crippen LogP contribution in [-0.2, 0) is 14.3 Å². The van der Waals surface area contributed by atoms with Crippen LogP contribution in [0.4, 0.5) is 0 Å². The van der Waals surface area contributed by atoms with E-state index in [2.05, 4.69) is 10.3 Å². The minimum atomic E-state index is -2.44. The van der Waals surface area contributed by atoms with Gasteiger partial charge < -0.3 is 41.0 Å². The summed E-state index contributed by atoms with van der Waals surface area (Å²) in [5, 5.41) is 43.4. The molecule has 10 heteroatoms. The molecular weight excluding hydrogens is 274 g/mol. The summed E-state index contributed by atoms with van der Waals surface area (Å²) in [6.45, 7) is 0. The number of ketones is 1. The molecule has 0 radical (unpaired) electrons. The molecule has 0 amide bonds. The molecule has 1 spiro atoms. The Kier molecular flexibility index (Phi) is 2.05. The lowest BCUT2D eigenvalue weighted by molar-refractivity contribution is -0.496. The Hall–Kier alpha value is -1.30. The van der Waals surface area contributed by atoms with E-state index in [1.54, 1.807) is 0 Å². The van der Waals surface area contributed by atoms with Gasteiger partial charge in [-0.15, -0.1) is 0 Å². The van der Waals surface area contributed by atoms with Crippen molar-refractivity contribution in [1.29, 1.82) is 0 Å². The Labute approximate surface area is 111 Å². The van der Waals surface area contributed by atoms with E-state index in [-0.39, 0.29) is 5.96 Å². The van der Waals surface area contributed by atoms with Gasteiger partial charge >= 0.3 is 5.97 Å². The second-order valence-electron chi connectivity index (χ2n) is 5.47. The minimum absolute atomic E-state index is 0.218. The summed E-state index contributed by atoms with van der Waals surface area (Å²) >= 11 is 0. The first-order chi connectivity index (χ1) is 9.31. The van der Waals surface area contributed by atoms with Gasteiger partial charge in [0.15, 0.2) is 30.2 Å². The molecule has 4 aliphatic heterocycles. The van der Waals surface area contributed by atoms with Crippen LogP contribution in [0.2, 0.25) is 0 Å². The van der Waals surface area contributed by atoms with Crippen LogP contribution < -0.4 is 11.1 Å². The predicted molar refractivity (Wildman–Crippen MR) is 58.7 cm³/mol. The molecule has 5 rings (SSSR count). The van der Waals surface area contributed by atoms with E-state index in [9.17, 15) is 25.2 Å². The van der Waals surface area contributed by atoms with Crippen LogP contribution in [0.15, 0.2) is 4.99 Å². The lowest BCUT2D eigenvalue weighted by Crippen LogP contribution is -2.92. The summed E-state index contributed by atoms with van der Waals surface area (Å²) in [6, 6.07) is 0. The number of nitrogens with one attached hydrogen (secondary N) is 1. The normalized spacial score (nSPS) is 60.0. The number of carbonyl (C=O) groups is 1. The van der Waals surface area contributed by atoms with Crippen molar-refractivity contribution in [3.63, 3.8) is 0 Å². The number of ether oxygens (including phenoxy) is 2. The van der Waals surface area contributed by atoms with E-state index < -0.39 is 53.9 Å². The first-order valence-electron chi connectivity index (χ1n) is 6.08. The quantitative estimate of drug-likeness (QED) is 0.256. The number of guanidine groups is 1. The van der Waals surface area contributed by atoms with Crippen molar-refractivity contribution in [2.75, 3.05) is 0 Å². The van der Waals surface area contributed by atoms with Crippen LogP contribution in [0.25, 0.3) is 0 Å². The first-order valence-corrected chi connectivity index (χ1v) is 6.08. The maximum Gasteiger partial charge on any atom is 0.312 e. The standard InChI is InChI=1S/C10H13N3O7/c11-8-12-6(16)1-3-2(14)4-5(15)9(1,13-8)7(17)10(18,19-3)20-4/h1,3-7,15-18H,(H3,11,12,13). The largest absolute Gasteiger partial charge is 0.387 e. The van der Waals surface area contributed by atoms with E-state index in [1.165, 1.54) is 0 Å². The molecule has 3 saturated heterocycles. The fourth-order valence-electron chi connectivity index (χ4n) is 3.72. The lowest BCUT2D eigenvalue weighted by Gasteiger charge is -2.66. The molecule has 4 heterocycles. The molecule has 5 aliphatic rings. The number of Topliss-reactive ketones (excluding diaryl/α,β-unsaturated/α-hetero) is 1. The molecule has 0 aromatic rings. The molecule has 4 fully saturated rings. The van der Waals surface area contributed by atoms with Gasteiger partial charge in [0.25, 0.3) is 0 Å². The van der Waals surface area contributed by atoms with Gasteiger partial charge in [0.2, 0.25) is 0 Å². The zero-order valence-corrected chi connectivity index (χ0v) is 10.0. The van der Waals surface area contributed by atoms with Crippen LogP contribution in [0, 0.1) is 5.92 Å². The summed E-state index contributed by atoms with van der Waals surface area (Å²) in [5.74, 6) is -4.37. The van der Waals surface area contributed by atoms with Gasteiger partial charge in [-0.1, -0.05) is 0 Å². The van der Waals surface area contributed by atoms with E-state index in [0.29, 0.717) is 0 Å². The molecule has 8 unspecified atom stereocenters. The Morgan fingerprint density at radius 3 is 2.60 bits per heavy atom. The maximum atomic E-state index is 12.1. The average Bonchev–Trinajstić information content (AvgIpc) is 2.36. The third-order valence-electron chi connectivity index (χ3n) is 4.54. The monoisotopic (exact) mass is 287 g/mol. The molecule has 7 N–H and O–H groups in total. The van der Waals surface area contributed by atoms with Crippen LogP contribution in [-0.4, -0.2) is 74.3 Å². The summed E-state index contributed by atoms with van der Waals surface area (Å²) < 4.78 is 10.0. The van der Waals surface area contributed by atoms with Gasteiger partial charge in [-0.05, 0) is 0 Å². The smallest absolute Gasteiger partial charge is 0.312 e. The highest BCUT2D eigenvalue weighted by Gasteiger charge is 2.79. The topological polar surface area (TPSA) is 167 Å². The van der Waals surface area contributed by atoms with Gasteiger partial charge in [0.05, 0.1) is 5.92 Å². The second-order valence-corrected chi connectivity index (χ2v) is 5.47. The van der Waals surface area contributed by atoms with Crippen LogP contribution in [0.5, 0.6) is 0 Å². The highest BCUT2D eigenvalue weighted by Crippen LogP contribution is 2.54. The van der Waals surface area contributed by atoms with Gasteiger partial charge in [0.1, 0.15) is 17.7 Å². The Bertz CT molecular complexity index is 541. The van der Waals surface area contributed by atoms with Crippen molar-refractivity contribution in [3.05, 3.63) is 0 Å². The Balaban J connectivity index is 1.95. The van der Waals surface area contributed by atoms with E-state index in [0.717, 1.165) is 0 Å². The molecule has 8 atom stereocenters. The average molecular weight is 287 g/mol. The van der Waals surface area contributed by atoms with Crippen LogP contribution in [0.1, 0.15) is 0 Å². The molecule has 10 nitrogen and oxygen atoms in total. The van der Waals surface area contributed by atoms with Crippen molar-refractivity contribution in [2.24, 2.45) is 16.6 Å². The number of hydrogen-bond donors (Lipinski definition) is 6. The molecule has 1 aliphatic carbocycles.